The number of thioether (sulfide) groups is 2. The Kier molecular flexibility index (Phi) is 6.46. The average Bonchev–Trinajstić information content (AvgIpc) is 3.33. The minimum absolute atomic E-state index is 0.168. The van der Waals surface area contributed by atoms with Crippen molar-refractivity contribution >= 4 is 46.7 Å². The van der Waals surface area contributed by atoms with Crippen molar-refractivity contribution in [3.8, 4) is 11.5 Å². The van der Waals surface area contributed by atoms with Gasteiger partial charge in [0.1, 0.15) is 0 Å². The van der Waals surface area contributed by atoms with E-state index in [1.165, 1.54) is 23.5 Å². The number of carbonyl (C=O) groups excluding carboxylic acids is 2. The third-order valence-electron chi connectivity index (χ3n) is 5.32. The zero-order valence-electron chi connectivity index (χ0n) is 17.7. The Bertz CT molecular complexity index is 1180. The summed E-state index contributed by atoms with van der Waals surface area (Å²) < 4.78 is 11.1. The Morgan fingerprint density at radius 3 is 2.39 bits per heavy atom. The molecule has 0 bridgehead atoms. The summed E-state index contributed by atoms with van der Waals surface area (Å²) in [6.07, 6.45) is 1.24. The number of hydrogen-bond donors (Lipinski definition) is 2. The van der Waals surface area contributed by atoms with Gasteiger partial charge >= 0.3 is 0 Å². The second-order valence-corrected chi connectivity index (χ2v) is 10.3. The van der Waals surface area contributed by atoms with Gasteiger partial charge in [0.25, 0.3) is 11.8 Å². The number of carbonyl (C=O) groups is 2. The van der Waals surface area contributed by atoms with Crippen molar-refractivity contribution in [1.82, 2.24) is 0 Å². The van der Waals surface area contributed by atoms with Crippen LogP contribution in [0.2, 0.25) is 0 Å². The summed E-state index contributed by atoms with van der Waals surface area (Å²) in [7, 11) is 0. The normalized spacial score (nSPS) is 15.2. The standard InChI is InChI=1S/C25H22N2O4S2/c28-23(16-6-8-17(9-7-16)25-32-12-3-13-33-25)27-20-5-2-1-4-19(20)24(29)26-18-10-11-21-22(14-18)31-15-30-21/h1-2,4-11,14,25H,3,12-13,15H2,(H,26,29)(H,27,28). The van der Waals surface area contributed by atoms with E-state index in [1.807, 2.05) is 47.8 Å². The van der Waals surface area contributed by atoms with Crippen molar-refractivity contribution in [3.05, 3.63) is 83.4 Å². The van der Waals surface area contributed by atoms with Gasteiger partial charge < -0.3 is 20.1 Å². The predicted molar refractivity (Wildman–Crippen MR) is 134 cm³/mol. The van der Waals surface area contributed by atoms with Crippen LogP contribution in [0.25, 0.3) is 0 Å². The molecule has 2 aliphatic rings. The maximum absolute atomic E-state index is 12.9. The van der Waals surface area contributed by atoms with E-state index >= 15 is 0 Å². The van der Waals surface area contributed by atoms with Crippen LogP contribution in [0, 0.1) is 0 Å². The van der Waals surface area contributed by atoms with E-state index in [1.54, 1.807) is 42.5 Å². The lowest BCUT2D eigenvalue weighted by molar-refractivity contribution is 0.102. The number of ether oxygens (including phenoxy) is 2. The minimum Gasteiger partial charge on any atom is -0.454 e. The zero-order valence-corrected chi connectivity index (χ0v) is 19.3. The molecular formula is C25H22N2O4S2. The molecule has 0 spiro atoms. The van der Waals surface area contributed by atoms with Gasteiger partial charge in [0.05, 0.1) is 15.8 Å². The van der Waals surface area contributed by atoms with Crippen LogP contribution in [0.4, 0.5) is 11.4 Å². The van der Waals surface area contributed by atoms with Crippen molar-refractivity contribution < 1.29 is 19.1 Å². The number of rotatable bonds is 5. The summed E-state index contributed by atoms with van der Waals surface area (Å²) in [5.41, 5.74) is 3.18. The van der Waals surface area contributed by atoms with Gasteiger partial charge in [-0.3, -0.25) is 9.59 Å². The van der Waals surface area contributed by atoms with Crippen molar-refractivity contribution in [2.24, 2.45) is 0 Å². The van der Waals surface area contributed by atoms with E-state index in [-0.39, 0.29) is 18.6 Å². The molecule has 0 radical (unpaired) electrons. The molecule has 0 unspecified atom stereocenters. The first-order valence-electron chi connectivity index (χ1n) is 10.6. The van der Waals surface area contributed by atoms with E-state index in [2.05, 4.69) is 10.6 Å². The molecule has 0 aliphatic carbocycles. The monoisotopic (exact) mass is 478 g/mol. The van der Waals surface area contributed by atoms with Gasteiger partial charge in [-0.2, -0.15) is 0 Å². The summed E-state index contributed by atoms with van der Waals surface area (Å²) in [5, 5.41) is 5.73. The number of para-hydroxylation sites is 1. The summed E-state index contributed by atoms with van der Waals surface area (Å²) in [6.45, 7) is 0.168. The van der Waals surface area contributed by atoms with Crippen LogP contribution in [-0.2, 0) is 0 Å². The number of hydrogen-bond acceptors (Lipinski definition) is 6. The average molecular weight is 479 g/mol. The van der Waals surface area contributed by atoms with E-state index < -0.39 is 0 Å². The smallest absolute Gasteiger partial charge is 0.257 e. The number of anilines is 2. The number of amides is 2. The molecule has 168 valence electrons. The van der Waals surface area contributed by atoms with Crippen LogP contribution in [0.15, 0.2) is 66.7 Å². The van der Waals surface area contributed by atoms with Crippen LogP contribution in [-0.4, -0.2) is 30.1 Å². The fourth-order valence-electron chi connectivity index (χ4n) is 3.63. The Labute approximate surface area is 200 Å². The number of benzene rings is 3. The molecule has 2 heterocycles. The first-order chi connectivity index (χ1) is 16.2. The Hall–Kier alpha value is -3.10. The van der Waals surface area contributed by atoms with Crippen molar-refractivity contribution in [2.75, 3.05) is 28.9 Å². The molecule has 6 nitrogen and oxygen atoms in total. The highest BCUT2D eigenvalue weighted by Gasteiger charge is 2.19. The van der Waals surface area contributed by atoms with Gasteiger partial charge in [0, 0.05) is 17.3 Å². The molecule has 33 heavy (non-hydrogen) atoms. The topological polar surface area (TPSA) is 76.7 Å². The lowest BCUT2D eigenvalue weighted by Crippen LogP contribution is -2.18. The maximum Gasteiger partial charge on any atom is 0.257 e. The molecule has 0 saturated carbocycles. The van der Waals surface area contributed by atoms with Gasteiger partial charge in [0.15, 0.2) is 11.5 Å². The van der Waals surface area contributed by atoms with Crippen LogP contribution < -0.4 is 20.1 Å². The Morgan fingerprint density at radius 1 is 0.818 bits per heavy atom. The first-order valence-corrected chi connectivity index (χ1v) is 12.7. The number of nitrogens with one attached hydrogen (secondary N) is 2. The Morgan fingerprint density at radius 2 is 1.58 bits per heavy atom. The first kappa shape index (κ1) is 21.7. The van der Waals surface area contributed by atoms with Crippen molar-refractivity contribution in [3.63, 3.8) is 0 Å². The van der Waals surface area contributed by atoms with Gasteiger partial charge in [-0.25, -0.2) is 0 Å². The highest BCUT2D eigenvalue weighted by molar-refractivity contribution is 8.16. The lowest BCUT2D eigenvalue weighted by atomic mass is 10.1. The van der Waals surface area contributed by atoms with E-state index in [0.29, 0.717) is 38.6 Å². The molecule has 2 N–H and O–H groups in total. The SMILES string of the molecule is O=C(Nc1ccccc1C(=O)Nc1ccc2c(c1)OCO2)c1ccc(C2SCCCS2)cc1. The molecular weight excluding hydrogens is 456 g/mol. The summed E-state index contributed by atoms with van der Waals surface area (Å²) >= 11 is 3.90. The van der Waals surface area contributed by atoms with Crippen LogP contribution >= 0.6 is 23.5 Å². The fraction of sp³-hybridized carbons (Fsp3) is 0.200. The summed E-state index contributed by atoms with van der Waals surface area (Å²) in [6, 6.07) is 19.9. The predicted octanol–water partition coefficient (Wildman–Crippen LogP) is 5.79. The van der Waals surface area contributed by atoms with Crippen molar-refractivity contribution in [1.29, 1.82) is 0 Å². The van der Waals surface area contributed by atoms with Crippen LogP contribution in [0.5, 0.6) is 11.5 Å². The quantitative estimate of drug-likeness (QED) is 0.484. The fourth-order valence-corrected chi connectivity index (χ4v) is 6.52. The molecule has 2 aliphatic heterocycles. The van der Waals surface area contributed by atoms with E-state index in [9.17, 15) is 9.59 Å². The van der Waals surface area contributed by atoms with Gasteiger partial charge in [-0.15, -0.1) is 23.5 Å². The molecule has 5 rings (SSSR count). The highest BCUT2D eigenvalue weighted by atomic mass is 32.2. The van der Waals surface area contributed by atoms with Gasteiger partial charge in [-0.05, 0) is 59.9 Å². The second kappa shape index (κ2) is 9.80. The summed E-state index contributed by atoms with van der Waals surface area (Å²) in [4.78, 5) is 25.8. The highest BCUT2D eigenvalue weighted by Crippen LogP contribution is 2.43. The van der Waals surface area contributed by atoms with Gasteiger partial charge in [-0.1, -0.05) is 24.3 Å². The van der Waals surface area contributed by atoms with Crippen LogP contribution in [0.3, 0.4) is 0 Å². The van der Waals surface area contributed by atoms with E-state index in [0.717, 1.165) is 0 Å². The van der Waals surface area contributed by atoms with E-state index in [4.69, 9.17) is 9.47 Å². The zero-order chi connectivity index (χ0) is 22.6. The van der Waals surface area contributed by atoms with Gasteiger partial charge in [0.2, 0.25) is 6.79 Å². The molecule has 2 amide bonds. The molecule has 0 aromatic heterocycles. The third kappa shape index (κ3) is 4.96. The summed E-state index contributed by atoms with van der Waals surface area (Å²) in [5.74, 6) is 2.99. The molecule has 8 heteroatoms. The Balaban J connectivity index is 1.28. The van der Waals surface area contributed by atoms with Crippen LogP contribution in [0.1, 0.15) is 37.3 Å². The minimum atomic E-state index is -0.327. The molecule has 3 aromatic carbocycles. The third-order valence-corrected chi connectivity index (χ3v) is 8.34. The lowest BCUT2D eigenvalue weighted by Gasteiger charge is -2.21. The van der Waals surface area contributed by atoms with Crippen molar-refractivity contribution in [2.45, 2.75) is 11.0 Å². The number of fused-ring (bicyclic) bond motifs is 1. The molecule has 1 fully saturated rings. The maximum atomic E-state index is 12.9. The molecule has 3 aromatic rings. The second-order valence-electron chi connectivity index (χ2n) is 7.57. The molecule has 1 saturated heterocycles. The largest absolute Gasteiger partial charge is 0.454 e. The molecule has 0 atom stereocenters.